The number of fused-ring (bicyclic) bond motifs is 1. The van der Waals surface area contributed by atoms with Crippen LogP contribution in [0.15, 0.2) is 64.7 Å². The number of thioether (sulfide) groups is 1. The molecule has 0 radical (unpaired) electrons. The van der Waals surface area contributed by atoms with E-state index in [1.165, 1.54) is 11.8 Å². The van der Waals surface area contributed by atoms with Crippen LogP contribution in [-0.4, -0.2) is 39.3 Å². The maximum atomic E-state index is 12.8. The molecule has 8 heteroatoms. The van der Waals surface area contributed by atoms with Gasteiger partial charge in [-0.1, -0.05) is 45.9 Å². The fraction of sp³-hybridized carbons (Fsp3) is 0.182. The van der Waals surface area contributed by atoms with Gasteiger partial charge in [0, 0.05) is 34.4 Å². The summed E-state index contributed by atoms with van der Waals surface area (Å²) in [6.45, 7) is 5.04. The summed E-state index contributed by atoms with van der Waals surface area (Å²) in [4.78, 5) is 25.5. The lowest BCUT2D eigenvalue weighted by atomic mass is 10.1. The van der Waals surface area contributed by atoms with Crippen LogP contribution >= 0.6 is 27.7 Å². The minimum Gasteiger partial charge on any atom is -0.314 e. The number of carbonyl (C=O) groups is 2. The van der Waals surface area contributed by atoms with Crippen LogP contribution in [0.2, 0.25) is 0 Å². The number of rotatable bonds is 8. The molecule has 0 atom stereocenters. The summed E-state index contributed by atoms with van der Waals surface area (Å²) in [7, 11) is 0. The van der Waals surface area contributed by atoms with Crippen LogP contribution in [0.1, 0.15) is 15.9 Å². The monoisotopic (exact) mass is 482 g/mol. The molecule has 1 aliphatic rings. The van der Waals surface area contributed by atoms with E-state index in [2.05, 4.69) is 32.7 Å². The van der Waals surface area contributed by atoms with Crippen molar-refractivity contribution in [2.75, 3.05) is 17.2 Å². The molecule has 0 saturated heterocycles. The third-order valence-corrected chi connectivity index (χ3v) is 6.42. The molecular weight excluding hydrogens is 464 g/mol. The maximum absolute atomic E-state index is 12.8. The Bertz CT molecular complexity index is 1110. The highest BCUT2D eigenvalue weighted by molar-refractivity contribution is 9.10. The zero-order valence-corrected chi connectivity index (χ0v) is 18.5. The normalized spacial score (nSPS) is 12.6. The largest absolute Gasteiger partial charge is 0.314 e. The quantitative estimate of drug-likeness (QED) is 0.206. The molecule has 0 N–H and O–H groups in total. The topological polar surface area (TPSA) is 68.1 Å². The maximum Gasteiger partial charge on any atom is 0.214 e. The van der Waals surface area contributed by atoms with Crippen LogP contribution < -0.4 is 4.90 Å². The minimum atomic E-state index is 0.0192. The van der Waals surface area contributed by atoms with Crippen molar-refractivity contribution in [2.45, 2.75) is 18.1 Å². The van der Waals surface area contributed by atoms with Gasteiger partial charge >= 0.3 is 0 Å². The molecule has 0 spiro atoms. The fourth-order valence-electron chi connectivity index (χ4n) is 3.43. The number of allylic oxidation sites excluding steroid dienone is 1. The summed E-state index contributed by atoms with van der Waals surface area (Å²) in [5.74, 6) is 1.01. The first kappa shape index (κ1) is 20.6. The van der Waals surface area contributed by atoms with E-state index < -0.39 is 0 Å². The molecule has 2 aromatic carbocycles. The van der Waals surface area contributed by atoms with Gasteiger partial charge in [-0.25, -0.2) is 0 Å². The van der Waals surface area contributed by atoms with E-state index in [0.29, 0.717) is 23.8 Å². The van der Waals surface area contributed by atoms with Crippen molar-refractivity contribution in [3.63, 3.8) is 0 Å². The van der Waals surface area contributed by atoms with Crippen LogP contribution in [0.5, 0.6) is 0 Å². The molecule has 1 aliphatic heterocycles. The van der Waals surface area contributed by atoms with Gasteiger partial charge in [-0.05, 0) is 42.3 Å². The molecule has 0 unspecified atom stereocenters. The Kier molecular flexibility index (Phi) is 6.15. The summed E-state index contributed by atoms with van der Waals surface area (Å²) in [6.07, 6.45) is 3.39. The van der Waals surface area contributed by atoms with Crippen LogP contribution in [0.25, 0.3) is 11.4 Å². The summed E-state index contributed by atoms with van der Waals surface area (Å²) in [6, 6.07) is 13.4. The van der Waals surface area contributed by atoms with E-state index in [-0.39, 0.29) is 11.5 Å². The Morgan fingerprint density at radius 1 is 1.20 bits per heavy atom. The van der Waals surface area contributed by atoms with Gasteiger partial charge in [0.2, 0.25) is 6.41 Å². The van der Waals surface area contributed by atoms with Crippen molar-refractivity contribution in [3.8, 4) is 11.4 Å². The molecular formula is C22H19BrN4O2S. The van der Waals surface area contributed by atoms with E-state index in [1.54, 1.807) is 17.0 Å². The number of benzene rings is 2. The van der Waals surface area contributed by atoms with E-state index in [4.69, 9.17) is 0 Å². The summed E-state index contributed by atoms with van der Waals surface area (Å²) >= 11 is 4.80. The second-order valence-corrected chi connectivity index (χ2v) is 8.67. The van der Waals surface area contributed by atoms with Gasteiger partial charge in [0.25, 0.3) is 0 Å². The number of hydrogen-bond donors (Lipinski definition) is 0. The van der Waals surface area contributed by atoms with Crippen LogP contribution in [0.4, 0.5) is 5.69 Å². The average Bonchev–Trinajstić information content (AvgIpc) is 3.36. The van der Waals surface area contributed by atoms with Crippen molar-refractivity contribution in [2.24, 2.45) is 0 Å². The zero-order valence-electron chi connectivity index (χ0n) is 16.1. The number of halogens is 1. The van der Waals surface area contributed by atoms with Crippen molar-refractivity contribution >= 4 is 45.6 Å². The number of amides is 1. The van der Waals surface area contributed by atoms with Gasteiger partial charge in [0.05, 0.1) is 5.75 Å². The Labute approximate surface area is 187 Å². The standard InChI is InChI=1S/C22H19BrN4O2S/c1-2-10-27-21(15-3-6-18(23)7-4-15)24-25-22(27)30-13-20(29)17-5-8-19-16(12-17)9-11-26(19)14-28/h2-8,12,14H,1,9-11,13H2. The smallest absolute Gasteiger partial charge is 0.214 e. The average molecular weight is 483 g/mol. The summed E-state index contributed by atoms with van der Waals surface area (Å²) in [5.41, 5.74) is 3.52. The number of carbonyl (C=O) groups excluding carboxylic acids is 2. The molecule has 0 bridgehead atoms. The Balaban J connectivity index is 1.51. The lowest BCUT2D eigenvalue weighted by molar-refractivity contribution is -0.107. The van der Waals surface area contributed by atoms with Gasteiger partial charge in [0.15, 0.2) is 16.8 Å². The molecule has 4 rings (SSSR count). The molecule has 6 nitrogen and oxygen atoms in total. The first-order valence-corrected chi connectivity index (χ1v) is 11.2. The Morgan fingerprint density at radius 3 is 2.73 bits per heavy atom. The molecule has 1 aromatic heterocycles. The van der Waals surface area contributed by atoms with E-state index in [0.717, 1.165) is 39.9 Å². The van der Waals surface area contributed by atoms with Crippen molar-refractivity contribution in [3.05, 3.63) is 70.7 Å². The highest BCUT2D eigenvalue weighted by Crippen LogP contribution is 2.29. The predicted molar refractivity (Wildman–Crippen MR) is 122 cm³/mol. The second-order valence-electron chi connectivity index (χ2n) is 6.82. The zero-order chi connectivity index (χ0) is 21.1. The van der Waals surface area contributed by atoms with Crippen molar-refractivity contribution in [1.29, 1.82) is 0 Å². The Hall–Kier alpha value is -2.71. The van der Waals surface area contributed by atoms with E-state index in [1.807, 2.05) is 41.0 Å². The number of anilines is 1. The summed E-state index contributed by atoms with van der Waals surface area (Å²) in [5, 5.41) is 9.30. The summed E-state index contributed by atoms with van der Waals surface area (Å²) < 4.78 is 2.95. The number of hydrogen-bond acceptors (Lipinski definition) is 5. The third-order valence-electron chi connectivity index (χ3n) is 4.92. The van der Waals surface area contributed by atoms with Crippen LogP contribution in [-0.2, 0) is 17.8 Å². The molecule has 152 valence electrons. The molecule has 0 saturated carbocycles. The molecule has 3 aromatic rings. The first-order valence-electron chi connectivity index (χ1n) is 9.41. The SMILES string of the molecule is C=CCn1c(SCC(=O)c2ccc3c(c2)CCN3C=O)nnc1-c1ccc(Br)cc1. The number of nitrogens with zero attached hydrogens (tertiary/aromatic N) is 4. The second kappa shape index (κ2) is 8.97. The fourth-order valence-corrected chi connectivity index (χ4v) is 4.53. The molecule has 1 amide bonds. The molecule has 0 fully saturated rings. The van der Waals surface area contributed by atoms with Gasteiger partial charge in [-0.15, -0.1) is 16.8 Å². The van der Waals surface area contributed by atoms with E-state index >= 15 is 0 Å². The number of Topliss-reactive ketones (excluding diaryl/α,β-unsaturated/α-hetero) is 1. The lowest BCUT2D eigenvalue weighted by Crippen LogP contribution is -2.17. The van der Waals surface area contributed by atoms with Gasteiger partial charge in [-0.3, -0.25) is 14.2 Å². The van der Waals surface area contributed by atoms with E-state index in [9.17, 15) is 9.59 Å². The highest BCUT2D eigenvalue weighted by atomic mass is 79.9. The highest BCUT2D eigenvalue weighted by Gasteiger charge is 2.21. The molecule has 30 heavy (non-hydrogen) atoms. The molecule has 2 heterocycles. The minimum absolute atomic E-state index is 0.0192. The third kappa shape index (κ3) is 4.11. The molecule has 0 aliphatic carbocycles. The number of aromatic nitrogens is 3. The van der Waals surface area contributed by atoms with Gasteiger partial charge < -0.3 is 4.90 Å². The Morgan fingerprint density at radius 2 is 2.00 bits per heavy atom. The van der Waals surface area contributed by atoms with Crippen LogP contribution in [0, 0.1) is 0 Å². The number of ketones is 1. The van der Waals surface area contributed by atoms with Crippen LogP contribution in [0.3, 0.4) is 0 Å². The first-order chi connectivity index (χ1) is 14.6. The van der Waals surface area contributed by atoms with Gasteiger partial charge in [-0.2, -0.15) is 0 Å². The van der Waals surface area contributed by atoms with Crippen molar-refractivity contribution < 1.29 is 9.59 Å². The predicted octanol–water partition coefficient (Wildman–Crippen LogP) is 4.39. The van der Waals surface area contributed by atoms with Gasteiger partial charge in [0.1, 0.15) is 0 Å². The van der Waals surface area contributed by atoms with Crippen molar-refractivity contribution in [1.82, 2.24) is 14.8 Å². The lowest BCUT2D eigenvalue weighted by Gasteiger charge is -2.10.